The molecule has 0 unspecified atom stereocenters. The summed E-state index contributed by atoms with van der Waals surface area (Å²) in [6, 6.07) is 13.4. The second kappa shape index (κ2) is 8.22. The first-order valence-corrected chi connectivity index (χ1v) is 7.72. The molecule has 0 aliphatic carbocycles. The molecule has 2 aromatic rings. The van der Waals surface area contributed by atoms with E-state index < -0.39 is 0 Å². The number of anilines is 1. The number of hydrogen-bond acceptors (Lipinski definition) is 3. The van der Waals surface area contributed by atoms with Gasteiger partial charge in [-0.3, -0.25) is 4.79 Å². The summed E-state index contributed by atoms with van der Waals surface area (Å²) in [6.45, 7) is 4.58. The summed E-state index contributed by atoms with van der Waals surface area (Å²) in [5.74, 6) is 1.64. The second-order valence-electron chi connectivity index (χ2n) is 5.50. The van der Waals surface area contributed by atoms with Crippen LogP contribution in [0.1, 0.15) is 24.0 Å². The molecule has 1 N–H and O–H groups in total. The molecule has 0 spiro atoms. The zero-order valence-corrected chi connectivity index (χ0v) is 13.9. The zero-order valence-electron chi connectivity index (χ0n) is 13.9. The first-order valence-electron chi connectivity index (χ1n) is 7.72. The van der Waals surface area contributed by atoms with E-state index in [9.17, 15) is 4.79 Å². The molecule has 2 aromatic carbocycles. The number of aryl methyl sites for hydroxylation is 2. The predicted octanol–water partition coefficient (Wildman–Crippen LogP) is 4.11. The van der Waals surface area contributed by atoms with E-state index in [4.69, 9.17) is 9.47 Å². The number of carbonyl (C=O) groups excluding carboxylic acids is 1. The van der Waals surface area contributed by atoms with Crippen molar-refractivity contribution in [3.63, 3.8) is 0 Å². The Kier molecular flexibility index (Phi) is 6.03. The minimum Gasteiger partial charge on any atom is -0.497 e. The molecule has 122 valence electrons. The van der Waals surface area contributed by atoms with Crippen LogP contribution in [0.25, 0.3) is 0 Å². The van der Waals surface area contributed by atoms with Crippen molar-refractivity contribution in [1.82, 2.24) is 0 Å². The lowest BCUT2D eigenvalue weighted by Gasteiger charge is -2.10. The van der Waals surface area contributed by atoms with Crippen LogP contribution in [0.3, 0.4) is 0 Å². The zero-order chi connectivity index (χ0) is 16.7. The highest BCUT2D eigenvalue weighted by Crippen LogP contribution is 2.19. The summed E-state index contributed by atoms with van der Waals surface area (Å²) < 4.78 is 10.8. The maximum atomic E-state index is 11.9. The second-order valence-corrected chi connectivity index (χ2v) is 5.50. The summed E-state index contributed by atoms with van der Waals surface area (Å²) >= 11 is 0. The van der Waals surface area contributed by atoms with Gasteiger partial charge >= 0.3 is 0 Å². The number of hydrogen-bond donors (Lipinski definition) is 1. The Morgan fingerprint density at radius 1 is 1.09 bits per heavy atom. The average molecular weight is 313 g/mol. The minimum absolute atomic E-state index is 0.0141. The van der Waals surface area contributed by atoms with Crippen LogP contribution < -0.4 is 14.8 Å². The summed E-state index contributed by atoms with van der Waals surface area (Å²) in [5, 5.41) is 2.86. The van der Waals surface area contributed by atoms with Crippen LogP contribution in [0.15, 0.2) is 42.5 Å². The molecule has 1 amide bonds. The molecular weight excluding hydrogens is 290 g/mol. The van der Waals surface area contributed by atoms with Gasteiger partial charge in [-0.25, -0.2) is 0 Å². The molecule has 0 saturated heterocycles. The molecule has 0 aromatic heterocycles. The number of benzene rings is 2. The van der Waals surface area contributed by atoms with E-state index in [1.54, 1.807) is 7.11 Å². The summed E-state index contributed by atoms with van der Waals surface area (Å²) in [6.07, 6.45) is 1.10. The van der Waals surface area contributed by atoms with Crippen LogP contribution in [-0.4, -0.2) is 19.6 Å². The molecule has 2 rings (SSSR count). The van der Waals surface area contributed by atoms with E-state index in [0.717, 1.165) is 22.7 Å². The van der Waals surface area contributed by atoms with Gasteiger partial charge in [0.25, 0.3) is 0 Å². The quantitative estimate of drug-likeness (QED) is 0.783. The molecule has 0 bridgehead atoms. The molecule has 0 saturated carbocycles. The molecule has 0 aliphatic heterocycles. The van der Waals surface area contributed by atoms with Crippen LogP contribution >= 0.6 is 0 Å². The van der Waals surface area contributed by atoms with Gasteiger partial charge < -0.3 is 14.8 Å². The van der Waals surface area contributed by atoms with Gasteiger partial charge in [-0.05, 0) is 61.7 Å². The Bertz CT molecular complexity index is 650. The number of carbonyl (C=O) groups is 1. The van der Waals surface area contributed by atoms with E-state index in [0.29, 0.717) is 19.4 Å². The van der Waals surface area contributed by atoms with Gasteiger partial charge in [-0.1, -0.05) is 12.1 Å². The molecular formula is C19H23NO3. The summed E-state index contributed by atoms with van der Waals surface area (Å²) in [7, 11) is 1.61. The topological polar surface area (TPSA) is 47.6 Å². The highest BCUT2D eigenvalue weighted by molar-refractivity contribution is 5.90. The molecule has 0 heterocycles. The van der Waals surface area contributed by atoms with Gasteiger partial charge in [-0.2, -0.15) is 0 Å². The highest BCUT2D eigenvalue weighted by atomic mass is 16.5. The summed E-state index contributed by atoms with van der Waals surface area (Å²) in [5.41, 5.74) is 3.05. The largest absolute Gasteiger partial charge is 0.497 e. The van der Waals surface area contributed by atoms with Crippen molar-refractivity contribution in [3.05, 3.63) is 53.6 Å². The van der Waals surface area contributed by atoms with E-state index >= 15 is 0 Å². The minimum atomic E-state index is -0.0141. The van der Waals surface area contributed by atoms with Gasteiger partial charge in [0.1, 0.15) is 11.5 Å². The van der Waals surface area contributed by atoms with E-state index in [2.05, 4.69) is 11.4 Å². The monoisotopic (exact) mass is 313 g/mol. The molecule has 23 heavy (non-hydrogen) atoms. The SMILES string of the molecule is COc1ccc(NC(=O)CCCOc2cc(C)ccc2C)cc1. The van der Waals surface area contributed by atoms with Crippen molar-refractivity contribution in [2.75, 3.05) is 19.0 Å². The maximum absolute atomic E-state index is 11.9. The Labute approximate surface area is 137 Å². The van der Waals surface area contributed by atoms with E-state index in [1.807, 2.05) is 50.2 Å². The number of nitrogens with one attached hydrogen (secondary N) is 1. The number of rotatable bonds is 7. The molecule has 0 fully saturated rings. The van der Waals surface area contributed by atoms with Gasteiger partial charge in [0, 0.05) is 12.1 Å². The third-order valence-electron chi connectivity index (χ3n) is 3.52. The van der Waals surface area contributed by atoms with Crippen LogP contribution in [-0.2, 0) is 4.79 Å². The lowest BCUT2D eigenvalue weighted by molar-refractivity contribution is -0.116. The molecule has 0 aliphatic rings. The predicted molar refractivity (Wildman–Crippen MR) is 92.3 cm³/mol. The van der Waals surface area contributed by atoms with Gasteiger partial charge in [0.15, 0.2) is 0 Å². The van der Waals surface area contributed by atoms with Crippen molar-refractivity contribution >= 4 is 11.6 Å². The summed E-state index contributed by atoms with van der Waals surface area (Å²) in [4.78, 5) is 11.9. The Morgan fingerprint density at radius 3 is 2.52 bits per heavy atom. The van der Waals surface area contributed by atoms with Gasteiger partial charge in [-0.15, -0.1) is 0 Å². The Morgan fingerprint density at radius 2 is 1.83 bits per heavy atom. The fourth-order valence-electron chi connectivity index (χ4n) is 2.18. The van der Waals surface area contributed by atoms with Crippen molar-refractivity contribution in [3.8, 4) is 11.5 Å². The fourth-order valence-corrected chi connectivity index (χ4v) is 2.18. The number of ether oxygens (including phenoxy) is 2. The Hall–Kier alpha value is -2.49. The smallest absolute Gasteiger partial charge is 0.224 e. The normalized spacial score (nSPS) is 10.2. The van der Waals surface area contributed by atoms with Crippen LogP contribution in [0.4, 0.5) is 5.69 Å². The lowest BCUT2D eigenvalue weighted by atomic mass is 10.1. The molecule has 4 heteroatoms. The van der Waals surface area contributed by atoms with Crippen molar-refractivity contribution in [1.29, 1.82) is 0 Å². The average Bonchev–Trinajstić information content (AvgIpc) is 2.55. The van der Waals surface area contributed by atoms with Gasteiger partial charge in [0.2, 0.25) is 5.91 Å². The van der Waals surface area contributed by atoms with E-state index in [1.165, 1.54) is 5.56 Å². The number of methoxy groups -OCH3 is 1. The first-order chi connectivity index (χ1) is 11.1. The number of amides is 1. The van der Waals surface area contributed by atoms with Crippen LogP contribution in [0, 0.1) is 13.8 Å². The maximum Gasteiger partial charge on any atom is 0.224 e. The molecule has 0 radical (unpaired) electrons. The molecule has 0 atom stereocenters. The third kappa shape index (κ3) is 5.33. The van der Waals surface area contributed by atoms with Crippen LogP contribution in [0.5, 0.6) is 11.5 Å². The molecule has 4 nitrogen and oxygen atoms in total. The van der Waals surface area contributed by atoms with Gasteiger partial charge in [0.05, 0.1) is 13.7 Å². The Balaban J connectivity index is 1.73. The van der Waals surface area contributed by atoms with Crippen molar-refractivity contribution in [2.24, 2.45) is 0 Å². The lowest BCUT2D eigenvalue weighted by Crippen LogP contribution is -2.12. The van der Waals surface area contributed by atoms with Crippen molar-refractivity contribution < 1.29 is 14.3 Å². The standard InChI is InChI=1S/C19H23NO3/c1-14-6-7-15(2)18(13-14)23-12-4-5-19(21)20-16-8-10-17(22-3)11-9-16/h6-11,13H,4-5,12H2,1-3H3,(H,20,21). The first kappa shape index (κ1) is 16.9. The van der Waals surface area contributed by atoms with Crippen molar-refractivity contribution in [2.45, 2.75) is 26.7 Å². The van der Waals surface area contributed by atoms with Crippen LogP contribution in [0.2, 0.25) is 0 Å². The fraction of sp³-hybridized carbons (Fsp3) is 0.316. The van der Waals surface area contributed by atoms with E-state index in [-0.39, 0.29) is 5.91 Å². The highest BCUT2D eigenvalue weighted by Gasteiger charge is 2.04. The third-order valence-corrected chi connectivity index (χ3v) is 3.52.